The summed E-state index contributed by atoms with van der Waals surface area (Å²) in [6.45, 7) is 0. The SMILES string of the molecule is COc1cccc(NC(=O)c2oc3ccccc3c2NC(=O)/C=C\c2cc(OC)c(OC)c(OC)c2)c1. The molecule has 190 valence electrons. The number of methoxy groups -OCH3 is 4. The molecule has 0 radical (unpaired) electrons. The molecule has 0 aliphatic heterocycles. The Morgan fingerprint density at radius 1 is 0.811 bits per heavy atom. The maximum absolute atomic E-state index is 13.1. The summed E-state index contributed by atoms with van der Waals surface area (Å²) in [5, 5.41) is 6.15. The monoisotopic (exact) mass is 502 g/mol. The van der Waals surface area contributed by atoms with E-state index in [1.807, 2.05) is 0 Å². The molecule has 0 aliphatic rings. The van der Waals surface area contributed by atoms with Crippen LogP contribution in [-0.4, -0.2) is 40.3 Å². The molecule has 0 saturated carbocycles. The maximum atomic E-state index is 13.1. The number of carbonyl (C=O) groups is 2. The molecule has 0 spiro atoms. The van der Waals surface area contributed by atoms with Crippen LogP contribution in [0.1, 0.15) is 16.1 Å². The fraction of sp³-hybridized carbons (Fsp3) is 0.143. The van der Waals surface area contributed by atoms with E-state index in [1.165, 1.54) is 27.4 Å². The predicted molar refractivity (Wildman–Crippen MR) is 141 cm³/mol. The van der Waals surface area contributed by atoms with Gasteiger partial charge in [0.1, 0.15) is 17.0 Å². The van der Waals surface area contributed by atoms with Crippen molar-refractivity contribution >= 4 is 40.2 Å². The van der Waals surface area contributed by atoms with Crippen molar-refractivity contribution in [2.24, 2.45) is 0 Å². The number of nitrogens with one attached hydrogen (secondary N) is 2. The van der Waals surface area contributed by atoms with E-state index in [1.54, 1.807) is 73.8 Å². The minimum atomic E-state index is -0.520. The van der Waals surface area contributed by atoms with Gasteiger partial charge in [-0.1, -0.05) is 18.2 Å². The second-order valence-electron chi connectivity index (χ2n) is 7.77. The molecule has 2 amide bonds. The molecule has 2 N–H and O–H groups in total. The van der Waals surface area contributed by atoms with E-state index in [4.69, 9.17) is 23.4 Å². The number of carbonyl (C=O) groups excluding carboxylic acids is 2. The van der Waals surface area contributed by atoms with Crippen LogP contribution < -0.4 is 29.6 Å². The molecule has 0 aliphatic carbocycles. The highest BCUT2D eigenvalue weighted by Crippen LogP contribution is 2.38. The maximum Gasteiger partial charge on any atom is 0.293 e. The summed E-state index contributed by atoms with van der Waals surface area (Å²) in [4.78, 5) is 26.0. The van der Waals surface area contributed by atoms with Gasteiger partial charge in [0.2, 0.25) is 17.4 Å². The standard InChI is InChI=1S/C28H26N2O7/c1-33-19-9-7-8-18(16-19)29-28(32)27-25(20-10-5-6-11-21(20)37-27)30-24(31)13-12-17-14-22(34-2)26(36-4)23(15-17)35-3/h5-16H,1-4H3,(H,29,32)(H,30,31)/b13-12-. The molecule has 37 heavy (non-hydrogen) atoms. The van der Waals surface area contributed by atoms with Crippen LogP contribution in [0.5, 0.6) is 23.0 Å². The summed E-state index contributed by atoms with van der Waals surface area (Å²) in [5.74, 6) is 0.942. The number of fused-ring (bicyclic) bond motifs is 1. The molecule has 1 aromatic heterocycles. The minimum absolute atomic E-state index is 0.0291. The zero-order chi connectivity index (χ0) is 26.4. The van der Waals surface area contributed by atoms with Gasteiger partial charge in [-0.25, -0.2) is 0 Å². The van der Waals surface area contributed by atoms with Gasteiger partial charge in [-0.2, -0.15) is 0 Å². The summed E-state index contributed by atoms with van der Waals surface area (Å²) in [7, 11) is 6.08. The Balaban J connectivity index is 1.61. The smallest absolute Gasteiger partial charge is 0.293 e. The topological polar surface area (TPSA) is 108 Å². The number of benzene rings is 3. The number of hydrogen-bond donors (Lipinski definition) is 2. The van der Waals surface area contributed by atoms with Crippen LogP contribution in [0.25, 0.3) is 17.0 Å². The number of amides is 2. The molecule has 0 unspecified atom stereocenters. The molecular formula is C28H26N2O7. The molecule has 0 atom stereocenters. The molecule has 0 saturated heterocycles. The first-order valence-corrected chi connectivity index (χ1v) is 11.2. The highest BCUT2D eigenvalue weighted by molar-refractivity contribution is 6.16. The second kappa shape index (κ2) is 11.2. The number of ether oxygens (including phenoxy) is 4. The Morgan fingerprint density at radius 2 is 1.54 bits per heavy atom. The van der Waals surface area contributed by atoms with Crippen LogP contribution >= 0.6 is 0 Å². The Morgan fingerprint density at radius 3 is 2.22 bits per heavy atom. The van der Waals surface area contributed by atoms with Gasteiger partial charge >= 0.3 is 0 Å². The van der Waals surface area contributed by atoms with E-state index >= 15 is 0 Å². The first-order chi connectivity index (χ1) is 18.0. The number of furan rings is 1. The van der Waals surface area contributed by atoms with Crippen LogP contribution in [0.15, 0.2) is 71.2 Å². The van der Waals surface area contributed by atoms with Crippen molar-refractivity contribution in [1.29, 1.82) is 0 Å². The molecule has 9 nitrogen and oxygen atoms in total. The third-order valence-electron chi connectivity index (χ3n) is 5.49. The average Bonchev–Trinajstić information content (AvgIpc) is 3.29. The average molecular weight is 503 g/mol. The fourth-order valence-corrected chi connectivity index (χ4v) is 3.75. The lowest BCUT2D eigenvalue weighted by molar-refractivity contribution is -0.111. The Kier molecular flexibility index (Phi) is 7.63. The first kappa shape index (κ1) is 25.2. The molecule has 0 fully saturated rings. The second-order valence-corrected chi connectivity index (χ2v) is 7.77. The van der Waals surface area contributed by atoms with E-state index < -0.39 is 11.8 Å². The summed E-state index contributed by atoms with van der Waals surface area (Å²) in [6.07, 6.45) is 2.93. The highest BCUT2D eigenvalue weighted by Gasteiger charge is 2.22. The largest absolute Gasteiger partial charge is 0.497 e. The summed E-state index contributed by atoms with van der Waals surface area (Å²) >= 11 is 0. The quantitative estimate of drug-likeness (QED) is 0.296. The van der Waals surface area contributed by atoms with E-state index in [0.717, 1.165) is 0 Å². The van der Waals surface area contributed by atoms with Gasteiger partial charge in [0.25, 0.3) is 5.91 Å². The van der Waals surface area contributed by atoms with E-state index in [-0.39, 0.29) is 11.4 Å². The van der Waals surface area contributed by atoms with E-state index in [9.17, 15) is 9.59 Å². The van der Waals surface area contributed by atoms with Gasteiger partial charge in [0, 0.05) is 23.2 Å². The predicted octanol–water partition coefficient (Wildman–Crippen LogP) is 5.37. The molecular weight excluding hydrogens is 476 g/mol. The van der Waals surface area contributed by atoms with E-state index in [0.29, 0.717) is 45.2 Å². The van der Waals surface area contributed by atoms with Crippen molar-refractivity contribution in [3.63, 3.8) is 0 Å². The van der Waals surface area contributed by atoms with Gasteiger partial charge in [0.15, 0.2) is 11.5 Å². The molecule has 9 heteroatoms. The molecule has 1 heterocycles. The normalized spacial score (nSPS) is 10.8. The Hall–Kier alpha value is -4.92. The zero-order valence-electron chi connectivity index (χ0n) is 20.8. The third-order valence-corrected chi connectivity index (χ3v) is 5.49. The molecule has 3 aromatic carbocycles. The zero-order valence-corrected chi connectivity index (χ0v) is 20.8. The lowest BCUT2D eigenvalue weighted by atomic mass is 10.1. The van der Waals surface area contributed by atoms with Crippen molar-refractivity contribution < 1.29 is 33.0 Å². The molecule has 4 aromatic rings. The van der Waals surface area contributed by atoms with Crippen LogP contribution in [0.3, 0.4) is 0 Å². The van der Waals surface area contributed by atoms with Gasteiger partial charge in [-0.3, -0.25) is 9.59 Å². The number of hydrogen-bond acceptors (Lipinski definition) is 7. The van der Waals surface area contributed by atoms with Crippen LogP contribution in [0.2, 0.25) is 0 Å². The van der Waals surface area contributed by atoms with Gasteiger partial charge in [-0.15, -0.1) is 0 Å². The highest BCUT2D eigenvalue weighted by atomic mass is 16.5. The number of para-hydroxylation sites is 1. The Bertz CT molecular complexity index is 1450. The van der Waals surface area contributed by atoms with Gasteiger partial charge in [-0.05, 0) is 48.0 Å². The number of anilines is 2. The lowest BCUT2D eigenvalue weighted by Crippen LogP contribution is -2.15. The lowest BCUT2D eigenvalue weighted by Gasteiger charge is -2.12. The first-order valence-electron chi connectivity index (χ1n) is 11.2. The van der Waals surface area contributed by atoms with Crippen molar-refractivity contribution in [1.82, 2.24) is 0 Å². The Labute approximate surface area is 213 Å². The third kappa shape index (κ3) is 5.51. The van der Waals surface area contributed by atoms with Crippen molar-refractivity contribution in [3.8, 4) is 23.0 Å². The van der Waals surface area contributed by atoms with Crippen molar-refractivity contribution in [2.75, 3.05) is 39.1 Å². The molecule has 0 bridgehead atoms. The van der Waals surface area contributed by atoms with Crippen LogP contribution in [0.4, 0.5) is 11.4 Å². The van der Waals surface area contributed by atoms with Crippen molar-refractivity contribution in [3.05, 3.63) is 78.1 Å². The van der Waals surface area contributed by atoms with Crippen LogP contribution in [0, 0.1) is 0 Å². The molecule has 4 rings (SSSR count). The summed E-state index contributed by atoms with van der Waals surface area (Å²) < 4.78 is 27.1. The van der Waals surface area contributed by atoms with Gasteiger partial charge < -0.3 is 34.0 Å². The summed E-state index contributed by atoms with van der Waals surface area (Å²) in [6, 6.07) is 17.4. The fourth-order valence-electron chi connectivity index (χ4n) is 3.75. The van der Waals surface area contributed by atoms with Gasteiger partial charge in [0.05, 0.1) is 28.4 Å². The van der Waals surface area contributed by atoms with Crippen LogP contribution in [-0.2, 0) is 4.79 Å². The van der Waals surface area contributed by atoms with E-state index in [2.05, 4.69) is 10.6 Å². The summed E-state index contributed by atoms with van der Waals surface area (Å²) in [5.41, 5.74) is 1.89. The number of rotatable bonds is 9. The van der Waals surface area contributed by atoms with Crippen molar-refractivity contribution in [2.45, 2.75) is 0 Å². The minimum Gasteiger partial charge on any atom is -0.497 e.